The number of anilines is 1. The van der Waals surface area contributed by atoms with Crippen molar-refractivity contribution < 1.29 is 4.79 Å². The molecule has 1 aromatic carbocycles. The number of benzene rings is 1. The smallest absolute Gasteiger partial charge is 0.222 e. The minimum Gasteiger partial charge on any atom is -0.370 e. The molecule has 128 valence electrons. The number of hydrogen-bond donors (Lipinski definition) is 2. The average molecular weight is 347 g/mol. The number of nitrogens with zero attached hydrogens (tertiary/aromatic N) is 2. The standard InChI is InChI=1S/C18H23ClN4O/c1-12(20)14-11-13-5-2-6-15(19)17(13)22-18(14)21-8-4-10-23-9-3-7-16(23)24/h2,5-6,11-12H,3-4,7-10,20H2,1H3,(H,21,22)/t12-/m0/s1. The molecule has 0 radical (unpaired) electrons. The van der Waals surface area contributed by atoms with Crippen LogP contribution in [0.5, 0.6) is 0 Å². The van der Waals surface area contributed by atoms with Gasteiger partial charge < -0.3 is 16.0 Å². The van der Waals surface area contributed by atoms with Crippen LogP contribution < -0.4 is 11.1 Å². The number of aromatic nitrogens is 1. The van der Waals surface area contributed by atoms with Crippen molar-refractivity contribution in [2.75, 3.05) is 25.0 Å². The maximum Gasteiger partial charge on any atom is 0.222 e. The van der Waals surface area contributed by atoms with Gasteiger partial charge in [0, 0.05) is 43.0 Å². The van der Waals surface area contributed by atoms with Gasteiger partial charge in [0.1, 0.15) is 5.82 Å². The van der Waals surface area contributed by atoms with Crippen molar-refractivity contribution in [2.45, 2.75) is 32.2 Å². The summed E-state index contributed by atoms with van der Waals surface area (Å²) in [7, 11) is 0. The Bertz CT molecular complexity index is 747. The summed E-state index contributed by atoms with van der Waals surface area (Å²) in [5.41, 5.74) is 7.85. The van der Waals surface area contributed by atoms with E-state index in [0.717, 1.165) is 54.8 Å². The summed E-state index contributed by atoms with van der Waals surface area (Å²) in [5, 5.41) is 4.99. The number of nitrogens with two attached hydrogens (primary N) is 1. The van der Waals surface area contributed by atoms with Gasteiger partial charge in [0.15, 0.2) is 0 Å². The maximum absolute atomic E-state index is 11.6. The third-order valence-electron chi connectivity index (χ3n) is 4.39. The minimum atomic E-state index is -0.122. The molecule has 1 amide bonds. The Balaban J connectivity index is 1.71. The summed E-state index contributed by atoms with van der Waals surface area (Å²) in [6.45, 7) is 4.36. The van der Waals surface area contributed by atoms with E-state index in [-0.39, 0.29) is 11.9 Å². The van der Waals surface area contributed by atoms with Gasteiger partial charge in [-0.25, -0.2) is 4.98 Å². The quantitative estimate of drug-likeness (QED) is 0.787. The lowest BCUT2D eigenvalue weighted by Gasteiger charge is -2.18. The van der Waals surface area contributed by atoms with Gasteiger partial charge in [-0.2, -0.15) is 0 Å². The van der Waals surface area contributed by atoms with Crippen molar-refractivity contribution in [3.05, 3.63) is 34.9 Å². The molecule has 0 aliphatic carbocycles. The Kier molecular flexibility index (Phi) is 5.21. The number of rotatable bonds is 6. The topological polar surface area (TPSA) is 71.2 Å². The molecule has 2 heterocycles. The average Bonchev–Trinajstić information content (AvgIpc) is 2.96. The van der Waals surface area contributed by atoms with Gasteiger partial charge in [0.25, 0.3) is 0 Å². The molecule has 1 aliphatic rings. The van der Waals surface area contributed by atoms with Crippen LogP contribution in [0.1, 0.15) is 37.8 Å². The van der Waals surface area contributed by atoms with E-state index < -0.39 is 0 Å². The summed E-state index contributed by atoms with van der Waals surface area (Å²) in [5.74, 6) is 1.04. The predicted octanol–water partition coefficient (Wildman–Crippen LogP) is 3.33. The molecular weight excluding hydrogens is 324 g/mol. The Morgan fingerprint density at radius 3 is 3.00 bits per heavy atom. The number of para-hydroxylation sites is 1. The van der Waals surface area contributed by atoms with E-state index in [1.165, 1.54) is 0 Å². The highest BCUT2D eigenvalue weighted by Crippen LogP contribution is 2.28. The molecule has 2 aromatic rings. The second-order valence-electron chi connectivity index (χ2n) is 6.29. The van der Waals surface area contributed by atoms with Crippen molar-refractivity contribution in [1.82, 2.24) is 9.88 Å². The van der Waals surface area contributed by atoms with Crippen LogP contribution in [0.15, 0.2) is 24.3 Å². The van der Waals surface area contributed by atoms with Crippen molar-refractivity contribution >= 4 is 34.2 Å². The van der Waals surface area contributed by atoms with Crippen LogP contribution in [-0.4, -0.2) is 35.4 Å². The molecular formula is C18H23ClN4O. The predicted molar refractivity (Wildman–Crippen MR) is 98.3 cm³/mol. The fourth-order valence-electron chi connectivity index (χ4n) is 3.08. The lowest BCUT2D eigenvalue weighted by atomic mass is 10.1. The van der Waals surface area contributed by atoms with Gasteiger partial charge in [0.05, 0.1) is 10.5 Å². The van der Waals surface area contributed by atoms with E-state index >= 15 is 0 Å². The number of halogens is 1. The molecule has 1 saturated heterocycles. The first kappa shape index (κ1) is 17.0. The van der Waals surface area contributed by atoms with Crippen molar-refractivity contribution in [2.24, 2.45) is 5.73 Å². The highest BCUT2D eigenvalue weighted by atomic mass is 35.5. The molecule has 0 bridgehead atoms. The zero-order valence-electron chi connectivity index (χ0n) is 13.9. The van der Waals surface area contributed by atoms with Crippen LogP contribution in [0.3, 0.4) is 0 Å². The molecule has 5 nitrogen and oxygen atoms in total. The maximum atomic E-state index is 11.6. The summed E-state index contributed by atoms with van der Waals surface area (Å²) in [4.78, 5) is 18.2. The molecule has 3 N–H and O–H groups in total. The Morgan fingerprint density at radius 1 is 1.46 bits per heavy atom. The van der Waals surface area contributed by atoms with Gasteiger partial charge in [-0.05, 0) is 31.9 Å². The van der Waals surface area contributed by atoms with E-state index in [1.54, 1.807) is 0 Å². The molecule has 24 heavy (non-hydrogen) atoms. The number of hydrogen-bond acceptors (Lipinski definition) is 4. The minimum absolute atomic E-state index is 0.122. The van der Waals surface area contributed by atoms with Crippen molar-refractivity contribution in [3.63, 3.8) is 0 Å². The van der Waals surface area contributed by atoms with Crippen molar-refractivity contribution in [1.29, 1.82) is 0 Å². The lowest BCUT2D eigenvalue weighted by Crippen LogP contribution is -2.27. The number of pyridine rings is 1. The first-order valence-electron chi connectivity index (χ1n) is 8.42. The molecule has 1 aromatic heterocycles. The van der Waals surface area contributed by atoms with E-state index in [9.17, 15) is 4.79 Å². The van der Waals surface area contributed by atoms with Gasteiger partial charge in [-0.15, -0.1) is 0 Å². The number of nitrogens with one attached hydrogen (secondary N) is 1. The third kappa shape index (κ3) is 3.62. The molecule has 1 fully saturated rings. The number of likely N-dealkylation sites (tertiary alicyclic amines) is 1. The van der Waals surface area contributed by atoms with E-state index in [0.29, 0.717) is 11.4 Å². The highest BCUT2D eigenvalue weighted by Gasteiger charge is 2.19. The van der Waals surface area contributed by atoms with Gasteiger partial charge in [-0.3, -0.25) is 4.79 Å². The van der Waals surface area contributed by atoms with E-state index in [2.05, 4.69) is 10.3 Å². The van der Waals surface area contributed by atoms with Crippen LogP contribution in [0.2, 0.25) is 5.02 Å². The molecule has 0 unspecified atom stereocenters. The normalized spacial score (nSPS) is 16.0. The molecule has 1 aliphatic heterocycles. The van der Waals surface area contributed by atoms with E-state index in [1.807, 2.05) is 36.1 Å². The Labute approximate surface area is 147 Å². The molecule has 0 saturated carbocycles. The summed E-state index contributed by atoms with van der Waals surface area (Å²) < 4.78 is 0. The molecule has 1 atom stereocenters. The van der Waals surface area contributed by atoms with Crippen LogP contribution in [0, 0.1) is 0 Å². The number of carbonyl (C=O) groups is 1. The van der Waals surface area contributed by atoms with Gasteiger partial charge >= 0.3 is 0 Å². The number of amides is 1. The SMILES string of the molecule is C[C@H](N)c1cc2cccc(Cl)c2nc1NCCCN1CCCC1=O. The monoisotopic (exact) mass is 346 g/mol. The first-order chi connectivity index (χ1) is 11.6. The molecule has 0 spiro atoms. The second-order valence-corrected chi connectivity index (χ2v) is 6.70. The fraction of sp³-hybridized carbons (Fsp3) is 0.444. The Morgan fingerprint density at radius 2 is 2.29 bits per heavy atom. The zero-order valence-corrected chi connectivity index (χ0v) is 14.6. The summed E-state index contributed by atoms with van der Waals surface area (Å²) in [6.07, 6.45) is 2.55. The number of fused-ring (bicyclic) bond motifs is 1. The molecule has 6 heteroatoms. The number of carbonyl (C=O) groups excluding carboxylic acids is 1. The fourth-order valence-corrected chi connectivity index (χ4v) is 3.31. The van der Waals surface area contributed by atoms with Crippen LogP contribution in [0.4, 0.5) is 5.82 Å². The van der Waals surface area contributed by atoms with Gasteiger partial charge in [0.2, 0.25) is 5.91 Å². The largest absolute Gasteiger partial charge is 0.370 e. The van der Waals surface area contributed by atoms with Crippen LogP contribution in [-0.2, 0) is 4.79 Å². The lowest BCUT2D eigenvalue weighted by molar-refractivity contribution is -0.127. The zero-order chi connectivity index (χ0) is 17.1. The first-order valence-corrected chi connectivity index (χ1v) is 8.80. The van der Waals surface area contributed by atoms with E-state index in [4.69, 9.17) is 17.3 Å². The Hall–Kier alpha value is -1.85. The van der Waals surface area contributed by atoms with Crippen LogP contribution in [0.25, 0.3) is 10.9 Å². The van der Waals surface area contributed by atoms with Crippen LogP contribution >= 0.6 is 11.6 Å². The third-order valence-corrected chi connectivity index (χ3v) is 4.69. The summed E-state index contributed by atoms with van der Waals surface area (Å²) >= 11 is 6.26. The summed E-state index contributed by atoms with van der Waals surface area (Å²) in [6, 6.07) is 7.67. The molecule has 3 rings (SSSR count). The second kappa shape index (κ2) is 7.36. The van der Waals surface area contributed by atoms with Gasteiger partial charge in [-0.1, -0.05) is 23.7 Å². The highest BCUT2D eigenvalue weighted by molar-refractivity contribution is 6.35. The van der Waals surface area contributed by atoms with Crippen molar-refractivity contribution in [3.8, 4) is 0 Å².